The summed E-state index contributed by atoms with van der Waals surface area (Å²) in [6, 6.07) is 2.56. The molecule has 1 fully saturated rings. The molecule has 3 aromatic heterocycles. The molecule has 2 amide bonds. The van der Waals surface area contributed by atoms with Gasteiger partial charge in [0.2, 0.25) is 11.7 Å². The standard InChI is InChI=1S/C33H38F3N7O6/c1-6-23-26(24-16-37-11-12-41(24)31(46)49-32(3,4)5)29(45)43-30(39-28(40-43)19-9-13-47-14-10-19)42(23)17-25(44)38-22-8-7-21(33(34,35)36)20-15-18(2)48-27(20)22/h7-9,15,24,37H,6,10-14,16-17H2,1-5H3,(H,38,44). The van der Waals surface area contributed by atoms with Crippen LogP contribution < -0.4 is 16.2 Å². The molecule has 2 N–H and O–H groups in total. The number of fused-ring (bicyclic) bond motifs is 2. The number of alkyl halides is 3. The number of nitrogens with zero attached hydrogens (tertiary/aromatic N) is 5. The first kappa shape index (κ1) is 34.2. The predicted molar refractivity (Wildman–Crippen MR) is 173 cm³/mol. The molecule has 49 heavy (non-hydrogen) atoms. The number of amides is 2. The summed E-state index contributed by atoms with van der Waals surface area (Å²) in [5.74, 6) is 0.0374. The van der Waals surface area contributed by atoms with E-state index in [9.17, 15) is 27.6 Å². The fraction of sp³-hybridized carbons (Fsp3) is 0.485. The van der Waals surface area contributed by atoms with Crippen LogP contribution in [0.15, 0.2) is 33.5 Å². The van der Waals surface area contributed by atoms with Gasteiger partial charge in [-0.3, -0.25) is 14.5 Å². The second-order valence-corrected chi connectivity index (χ2v) is 13.0. The van der Waals surface area contributed by atoms with E-state index in [0.717, 1.165) is 22.2 Å². The van der Waals surface area contributed by atoms with Gasteiger partial charge in [-0.1, -0.05) is 13.0 Å². The molecule has 0 bridgehead atoms. The lowest BCUT2D eigenvalue weighted by molar-refractivity contribution is -0.136. The summed E-state index contributed by atoms with van der Waals surface area (Å²) in [6.45, 7) is 10.0. The zero-order valence-corrected chi connectivity index (χ0v) is 27.9. The highest BCUT2D eigenvalue weighted by molar-refractivity contribution is 6.01. The van der Waals surface area contributed by atoms with E-state index in [1.165, 1.54) is 17.9 Å². The Morgan fingerprint density at radius 1 is 1.20 bits per heavy atom. The van der Waals surface area contributed by atoms with Crippen LogP contribution in [0.5, 0.6) is 0 Å². The Labute approximate surface area is 279 Å². The first-order valence-corrected chi connectivity index (χ1v) is 16.1. The third kappa shape index (κ3) is 6.79. The van der Waals surface area contributed by atoms with Gasteiger partial charge >= 0.3 is 12.3 Å². The maximum absolute atomic E-state index is 14.3. The first-order valence-electron chi connectivity index (χ1n) is 16.1. The van der Waals surface area contributed by atoms with E-state index >= 15 is 0 Å². The lowest BCUT2D eigenvalue weighted by Gasteiger charge is -2.38. The van der Waals surface area contributed by atoms with Crippen LogP contribution in [-0.2, 0) is 33.4 Å². The number of halogens is 3. The Bertz CT molecular complexity index is 2020. The number of furan rings is 1. The van der Waals surface area contributed by atoms with Gasteiger partial charge in [0.15, 0.2) is 11.4 Å². The molecule has 0 radical (unpaired) electrons. The number of ether oxygens (including phenoxy) is 2. The molecule has 2 aliphatic heterocycles. The highest BCUT2D eigenvalue weighted by Crippen LogP contribution is 2.39. The first-order chi connectivity index (χ1) is 23.2. The highest BCUT2D eigenvalue weighted by Gasteiger charge is 2.37. The van der Waals surface area contributed by atoms with Crippen molar-refractivity contribution in [2.75, 3.05) is 38.2 Å². The molecule has 4 aromatic rings. The van der Waals surface area contributed by atoms with Gasteiger partial charge in [-0.2, -0.15) is 22.7 Å². The van der Waals surface area contributed by atoms with Gasteiger partial charge in [0.25, 0.3) is 5.56 Å². The van der Waals surface area contributed by atoms with E-state index in [1.807, 2.05) is 13.0 Å². The number of aromatic nitrogens is 4. The van der Waals surface area contributed by atoms with Crippen LogP contribution in [-0.4, -0.2) is 74.5 Å². The molecule has 5 heterocycles. The van der Waals surface area contributed by atoms with E-state index in [1.54, 1.807) is 25.3 Å². The van der Waals surface area contributed by atoms with Gasteiger partial charge in [-0.15, -0.1) is 5.10 Å². The third-order valence-corrected chi connectivity index (χ3v) is 8.37. The molecule has 1 aromatic carbocycles. The van der Waals surface area contributed by atoms with Crippen molar-refractivity contribution in [1.29, 1.82) is 0 Å². The molecular weight excluding hydrogens is 647 g/mol. The topological polar surface area (TPSA) is 145 Å². The fourth-order valence-corrected chi connectivity index (χ4v) is 6.29. The summed E-state index contributed by atoms with van der Waals surface area (Å²) in [7, 11) is 0. The minimum Gasteiger partial charge on any atom is -0.459 e. The predicted octanol–water partition coefficient (Wildman–Crippen LogP) is 4.85. The number of benzene rings is 1. The summed E-state index contributed by atoms with van der Waals surface area (Å²) in [4.78, 5) is 47.7. The van der Waals surface area contributed by atoms with E-state index in [4.69, 9.17) is 18.9 Å². The van der Waals surface area contributed by atoms with E-state index in [2.05, 4.69) is 15.7 Å². The number of hydrogen-bond donors (Lipinski definition) is 2. The van der Waals surface area contributed by atoms with E-state index < -0.39 is 40.9 Å². The molecule has 2 aliphatic rings. The average molecular weight is 686 g/mol. The fourth-order valence-electron chi connectivity index (χ4n) is 6.29. The van der Waals surface area contributed by atoms with Crippen molar-refractivity contribution < 1.29 is 36.7 Å². The van der Waals surface area contributed by atoms with Gasteiger partial charge in [0.1, 0.15) is 17.9 Å². The molecular formula is C33H38F3N7O6. The van der Waals surface area contributed by atoms with Crippen molar-refractivity contribution >= 4 is 40.0 Å². The van der Waals surface area contributed by atoms with Gasteiger partial charge in [0.05, 0.1) is 36.1 Å². The largest absolute Gasteiger partial charge is 0.459 e. The number of carbonyl (C=O) groups is 2. The monoisotopic (exact) mass is 685 g/mol. The average Bonchev–Trinajstić information content (AvgIpc) is 3.66. The smallest absolute Gasteiger partial charge is 0.417 e. The summed E-state index contributed by atoms with van der Waals surface area (Å²) in [5, 5.41) is 10.3. The molecule has 1 saturated heterocycles. The number of piperazine rings is 1. The quantitative estimate of drug-likeness (QED) is 0.291. The molecule has 0 spiro atoms. The van der Waals surface area contributed by atoms with Crippen molar-refractivity contribution in [2.45, 2.75) is 71.8 Å². The summed E-state index contributed by atoms with van der Waals surface area (Å²) >= 11 is 0. The van der Waals surface area contributed by atoms with E-state index in [-0.39, 0.29) is 59.8 Å². The molecule has 1 atom stereocenters. The van der Waals surface area contributed by atoms with Gasteiger partial charge in [-0.05, 0) is 64.3 Å². The zero-order valence-electron chi connectivity index (χ0n) is 27.9. The molecule has 0 aliphatic carbocycles. The Hall–Kier alpha value is -4.70. The number of hydrogen-bond acceptors (Lipinski definition) is 9. The minimum absolute atomic E-state index is 0.0542. The summed E-state index contributed by atoms with van der Waals surface area (Å²) in [5.41, 5.74) is -0.744. The van der Waals surface area contributed by atoms with Crippen molar-refractivity contribution in [3.05, 3.63) is 63.0 Å². The maximum atomic E-state index is 14.3. The second-order valence-electron chi connectivity index (χ2n) is 13.0. The molecule has 0 saturated carbocycles. The number of rotatable bonds is 6. The van der Waals surface area contributed by atoms with Crippen molar-refractivity contribution in [3.8, 4) is 0 Å². The Morgan fingerprint density at radius 3 is 2.65 bits per heavy atom. The normalized spacial score (nSPS) is 17.4. The lowest BCUT2D eigenvalue weighted by atomic mass is 10.0. The number of aryl methyl sites for hydroxylation is 1. The molecule has 6 rings (SSSR count). The van der Waals surface area contributed by atoms with Gasteiger partial charge in [0, 0.05) is 30.7 Å². The molecule has 13 nitrogen and oxygen atoms in total. The van der Waals surface area contributed by atoms with Crippen LogP contribution in [0.25, 0.3) is 22.3 Å². The summed E-state index contributed by atoms with van der Waals surface area (Å²) in [6.07, 6.45) is -2.59. The number of nitrogens with one attached hydrogen (secondary N) is 2. The minimum atomic E-state index is -4.63. The van der Waals surface area contributed by atoms with Crippen LogP contribution >= 0.6 is 0 Å². The third-order valence-electron chi connectivity index (χ3n) is 8.37. The van der Waals surface area contributed by atoms with Crippen LogP contribution in [0, 0.1) is 6.92 Å². The number of anilines is 1. The summed E-state index contributed by atoms with van der Waals surface area (Å²) < 4.78 is 60.6. The van der Waals surface area contributed by atoms with Crippen LogP contribution in [0.3, 0.4) is 0 Å². The van der Waals surface area contributed by atoms with Crippen molar-refractivity contribution in [2.24, 2.45) is 0 Å². The Kier molecular flexibility index (Phi) is 9.04. The van der Waals surface area contributed by atoms with Gasteiger partial charge in [-0.25, -0.2) is 4.79 Å². The van der Waals surface area contributed by atoms with Crippen LogP contribution in [0.2, 0.25) is 0 Å². The number of carbonyl (C=O) groups excluding carboxylic acids is 2. The second kappa shape index (κ2) is 13.0. The Morgan fingerprint density at radius 2 is 1.98 bits per heavy atom. The lowest BCUT2D eigenvalue weighted by Crippen LogP contribution is -2.52. The van der Waals surface area contributed by atoms with Crippen molar-refractivity contribution in [1.82, 2.24) is 29.4 Å². The van der Waals surface area contributed by atoms with Gasteiger partial charge < -0.3 is 29.1 Å². The molecule has 1 unspecified atom stereocenters. The Balaban J connectivity index is 1.46. The van der Waals surface area contributed by atoms with Crippen molar-refractivity contribution in [3.63, 3.8) is 0 Å². The SMILES string of the molecule is CCc1c(C2CNCCN2C(=O)OC(C)(C)C)c(=O)n2nc(C3=CCOCC3)nc2n1CC(=O)Nc1ccc(C(F)(F)F)c2cc(C)oc12. The maximum Gasteiger partial charge on any atom is 0.417 e. The molecule has 262 valence electrons. The zero-order chi connectivity index (χ0) is 35.2. The highest BCUT2D eigenvalue weighted by atomic mass is 19.4. The van der Waals surface area contributed by atoms with Crippen LogP contribution in [0.4, 0.5) is 23.7 Å². The molecule has 16 heteroatoms. The van der Waals surface area contributed by atoms with E-state index in [0.29, 0.717) is 37.7 Å². The van der Waals surface area contributed by atoms with Crippen LogP contribution in [0.1, 0.15) is 68.6 Å².